The Kier molecular flexibility index (Phi) is 6.89. The molecule has 1 aliphatic carbocycles. The lowest BCUT2D eigenvalue weighted by Crippen LogP contribution is -2.22. The van der Waals surface area contributed by atoms with Crippen LogP contribution >= 0.6 is 11.3 Å². The first-order valence-corrected chi connectivity index (χ1v) is 12.4. The number of nitrogens with zero attached hydrogens (tertiary/aromatic N) is 3. The highest BCUT2D eigenvalue weighted by molar-refractivity contribution is 7.84. The Morgan fingerprint density at radius 2 is 2.00 bits per heavy atom. The number of thiazole rings is 1. The number of rotatable bonds is 9. The molecule has 168 valence electrons. The molecule has 0 unspecified atom stereocenters. The molecule has 0 radical (unpaired) electrons. The molecule has 1 fully saturated rings. The number of ketones is 1. The van der Waals surface area contributed by atoms with Crippen molar-refractivity contribution in [3.8, 4) is 0 Å². The zero-order valence-electron chi connectivity index (χ0n) is 17.2. The van der Waals surface area contributed by atoms with E-state index in [-0.39, 0.29) is 24.3 Å². The number of hydrogen-bond donors (Lipinski definition) is 2. The third-order valence-corrected chi connectivity index (χ3v) is 6.74. The minimum absolute atomic E-state index is 0.0375. The lowest BCUT2D eigenvalue weighted by Gasteiger charge is -2.15. The van der Waals surface area contributed by atoms with Gasteiger partial charge in [-0.05, 0) is 30.7 Å². The minimum Gasteiger partial charge on any atom is -0.367 e. The summed E-state index contributed by atoms with van der Waals surface area (Å²) in [7, 11) is -3.95. The maximum absolute atomic E-state index is 13.1. The van der Waals surface area contributed by atoms with Crippen LogP contribution in [-0.2, 0) is 20.9 Å². The monoisotopic (exact) mass is 473 g/mol. The number of anilines is 1. The Hall–Kier alpha value is -2.73. The third-order valence-electron chi connectivity index (χ3n) is 5.28. The van der Waals surface area contributed by atoms with E-state index < -0.39 is 10.3 Å². The standard InChI is InChI=1S/C21H23N5O4S2/c22-32(28,29)30-12-15-6-7-16(8-15)26-20-18(11-23-13-25-20)19(27)21-24-10-17(31-21)9-14-4-2-1-3-5-14/h1-5,10-11,13,15-16H,6-9,12H2,(H2,22,28,29)(H,23,25,26)/t15-,16+/m1/s1. The van der Waals surface area contributed by atoms with E-state index in [0.717, 1.165) is 23.3 Å². The van der Waals surface area contributed by atoms with Gasteiger partial charge in [-0.2, -0.15) is 8.42 Å². The van der Waals surface area contributed by atoms with Gasteiger partial charge in [0.1, 0.15) is 12.1 Å². The molecular weight excluding hydrogens is 450 g/mol. The van der Waals surface area contributed by atoms with Crippen LogP contribution < -0.4 is 10.5 Å². The fourth-order valence-electron chi connectivity index (χ4n) is 3.76. The SMILES string of the molecule is NS(=O)(=O)OC[C@@H]1CC[C@H](Nc2ncncc2C(=O)c2ncc(Cc3ccccc3)s2)C1. The summed E-state index contributed by atoms with van der Waals surface area (Å²) in [6.07, 6.45) is 7.60. The van der Waals surface area contributed by atoms with Crippen molar-refractivity contribution in [1.82, 2.24) is 15.0 Å². The van der Waals surface area contributed by atoms with Crippen LogP contribution in [-0.4, -0.2) is 41.8 Å². The van der Waals surface area contributed by atoms with Crippen LogP contribution in [0.3, 0.4) is 0 Å². The van der Waals surface area contributed by atoms with Gasteiger partial charge in [-0.3, -0.25) is 8.98 Å². The number of carbonyl (C=O) groups is 1. The zero-order chi connectivity index (χ0) is 22.6. The predicted molar refractivity (Wildman–Crippen MR) is 121 cm³/mol. The quantitative estimate of drug-likeness (QED) is 0.452. The molecule has 1 aromatic carbocycles. The van der Waals surface area contributed by atoms with E-state index in [1.54, 1.807) is 6.20 Å². The van der Waals surface area contributed by atoms with Gasteiger partial charge in [-0.25, -0.2) is 20.1 Å². The molecule has 32 heavy (non-hydrogen) atoms. The molecule has 0 bridgehead atoms. The van der Waals surface area contributed by atoms with E-state index >= 15 is 0 Å². The molecule has 0 amide bonds. The first-order valence-electron chi connectivity index (χ1n) is 10.1. The summed E-state index contributed by atoms with van der Waals surface area (Å²) in [5, 5.41) is 8.59. The van der Waals surface area contributed by atoms with E-state index in [2.05, 4.69) is 20.3 Å². The van der Waals surface area contributed by atoms with Crippen molar-refractivity contribution in [2.24, 2.45) is 11.1 Å². The second-order valence-electron chi connectivity index (χ2n) is 7.71. The molecule has 3 aromatic rings. The summed E-state index contributed by atoms with van der Waals surface area (Å²) < 4.78 is 26.7. The van der Waals surface area contributed by atoms with Gasteiger partial charge in [-0.1, -0.05) is 30.3 Å². The maximum atomic E-state index is 13.1. The van der Waals surface area contributed by atoms with Crippen molar-refractivity contribution in [2.45, 2.75) is 31.7 Å². The Balaban J connectivity index is 1.42. The third kappa shape index (κ3) is 5.94. The minimum atomic E-state index is -3.95. The largest absolute Gasteiger partial charge is 0.367 e. The van der Waals surface area contributed by atoms with Gasteiger partial charge in [0.2, 0.25) is 5.78 Å². The molecule has 4 rings (SSSR count). The van der Waals surface area contributed by atoms with E-state index in [1.807, 2.05) is 30.3 Å². The van der Waals surface area contributed by atoms with Gasteiger partial charge >= 0.3 is 10.3 Å². The van der Waals surface area contributed by atoms with Crippen molar-refractivity contribution >= 4 is 33.2 Å². The number of nitrogens with one attached hydrogen (secondary N) is 1. The smallest absolute Gasteiger partial charge is 0.333 e. The number of hydrogen-bond acceptors (Lipinski definition) is 9. The lowest BCUT2D eigenvalue weighted by molar-refractivity contribution is 0.103. The first kappa shape index (κ1) is 22.5. The van der Waals surface area contributed by atoms with E-state index in [1.165, 1.54) is 23.9 Å². The highest BCUT2D eigenvalue weighted by atomic mass is 32.2. The molecule has 2 atom stereocenters. The molecule has 0 spiro atoms. The van der Waals surface area contributed by atoms with Gasteiger partial charge in [0, 0.05) is 29.7 Å². The van der Waals surface area contributed by atoms with Crippen molar-refractivity contribution in [3.63, 3.8) is 0 Å². The molecule has 3 N–H and O–H groups in total. The van der Waals surface area contributed by atoms with Crippen molar-refractivity contribution < 1.29 is 17.4 Å². The molecular formula is C21H23N5O4S2. The molecule has 11 heteroatoms. The summed E-state index contributed by atoms with van der Waals surface area (Å²) in [6, 6.07) is 10.0. The van der Waals surface area contributed by atoms with Crippen molar-refractivity contribution in [2.75, 3.05) is 11.9 Å². The van der Waals surface area contributed by atoms with Crippen molar-refractivity contribution in [1.29, 1.82) is 0 Å². The Morgan fingerprint density at radius 3 is 2.78 bits per heavy atom. The van der Waals surface area contributed by atoms with Crippen LogP contribution in [0.1, 0.15) is 45.1 Å². The molecule has 2 heterocycles. The van der Waals surface area contributed by atoms with E-state index in [4.69, 9.17) is 9.32 Å². The molecule has 0 saturated heterocycles. The molecule has 2 aromatic heterocycles. The second kappa shape index (κ2) is 9.82. The lowest BCUT2D eigenvalue weighted by atomic mass is 10.1. The number of benzene rings is 1. The zero-order valence-corrected chi connectivity index (χ0v) is 18.8. The van der Waals surface area contributed by atoms with E-state index in [0.29, 0.717) is 29.2 Å². The Morgan fingerprint density at radius 1 is 1.19 bits per heavy atom. The molecule has 9 nitrogen and oxygen atoms in total. The summed E-state index contributed by atoms with van der Waals surface area (Å²) in [5.74, 6) is 0.277. The predicted octanol–water partition coefficient (Wildman–Crippen LogP) is 2.56. The molecule has 0 aliphatic heterocycles. The molecule has 1 aliphatic rings. The summed E-state index contributed by atoms with van der Waals surface area (Å²) in [6.45, 7) is 0.0515. The van der Waals surface area contributed by atoms with Crippen LogP contribution in [0.25, 0.3) is 0 Å². The van der Waals surface area contributed by atoms with Gasteiger partial charge in [0.25, 0.3) is 0 Å². The Bertz CT molecular complexity index is 1180. The topological polar surface area (TPSA) is 137 Å². The van der Waals surface area contributed by atoms with Crippen molar-refractivity contribution in [3.05, 3.63) is 70.1 Å². The van der Waals surface area contributed by atoms with Crippen LogP contribution in [0.2, 0.25) is 0 Å². The fourth-order valence-corrected chi connectivity index (χ4v) is 5.04. The first-order chi connectivity index (χ1) is 15.4. The highest BCUT2D eigenvalue weighted by Gasteiger charge is 2.28. The van der Waals surface area contributed by atoms with Crippen LogP contribution in [0, 0.1) is 5.92 Å². The number of aromatic nitrogens is 3. The second-order valence-corrected chi connectivity index (χ2v) is 10.0. The average molecular weight is 474 g/mol. The maximum Gasteiger partial charge on any atom is 0.333 e. The van der Waals surface area contributed by atoms with Crippen LogP contribution in [0.15, 0.2) is 49.1 Å². The summed E-state index contributed by atoms with van der Waals surface area (Å²) >= 11 is 1.36. The highest BCUT2D eigenvalue weighted by Crippen LogP contribution is 2.30. The number of nitrogens with two attached hydrogens (primary N) is 1. The number of carbonyl (C=O) groups excluding carboxylic acids is 1. The van der Waals surface area contributed by atoms with Gasteiger partial charge in [0.05, 0.1) is 12.2 Å². The van der Waals surface area contributed by atoms with Crippen LogP contribution in [0.5, 0.6) is 0 Å². The summed E-state index contributed by atoms with van der Waals surface area (Å²) in [4.78, 5) is 26.7. The fraction of sp³-hybridized carbons (Fsp3) is 0.333. The average Bonchev–Trinajstić information content (AvgIpc) is 3.42. The van der Waals surface area contributed by atoms with Gasteiger partial charge < -0.3 is 5.32 Å². The van der Waals surface area contributed by atoms with Gasteiger partial charge in [0.15, 0.2) is 5.01 Å². The normalized spacial score (nSPS) is 18.5. The Labute approximate surface area is 190 Å². The summed E-state index contributed by atoms with van der Waals surface area (Å²) in [5.41, 5.74) is 1.51. The van der Waals surface area contributed by atoms with E-state index in [9.17, 15) is 13.2 Å². The van der Waals surface area contributed by atoms with Crippen LogP contribution in [0.4, 0.5) is 5.82 Å². The van der Waals surface area contributed by atoms with Gasteiger partial charge in [-0.15, -0.1) is 11.3 Å². The molecule has 1 saturated carbocycles.